The predicted molar refractivity (Wildman–Crippen MR) is 88.8 cm³/mol. The molecule has 0 saturated carbocycles. The molecule has 1 aliphatic rings. The summed E-state index contributed by atoms with van der Waals surface area (Å²) < 4.78 is 5.31. The third-order valence-corrected chi connectivity index (χ3v) is 4.01. The average Bonchev–Trinajstić information content (AvgIpc) is 2.55. The zero-order valence-electron chi connectivity index (χ0n) is 13.2. The molecular weight excluding hydrogens is 294 g/mol. The number of hydrogen-bond acceptors (Lipinski definition) is 4. The monoisotopic (exact) mass is 315 g/mol. The number of morpholine rings is 1. The van der Waals surface area contributed by atoms with E-state index >= 15 is 0 Å². The highest BCUT2D eigenvalue weighted by molar-refractivity contribution is 5.97. The van der Waals surface area contributed by atoms with Gasteiger partial charge in [0, 0.05) is 31.2 Å². The number of pyridine rings is 1. The van der Waals surface area contributed by atoms with E-state index in [1.54, 1.807) is 6.07 Å². The first-order valence-electron chi connectivity index (χ1n) is 7.86. The quantitative estimate of drug-likeness (QED) is 0.882. The lowest BCUT2D eigenvalue weighted by Crippen LogP contribution is -2.46. The van der Waals surface area contributed by atoms with Crippen LogP contribution in [0.15, 0.2) is 35.1 Å². The second-order valence-corrected chi connectivity index (χ2v) is 5.89. The maximum atomic E-state index is 12.4. The molecule has 0 aliphatic carbocycles. The summed E-state index contributed by atoms with van der Waals surface area (Å²) in [5.41, 5.74) is 0.521. The van der Waals surface area contributed by atoms with E-state index in [2.05, 4.69) is 15.2 Å². The molecule has 1 fully saturated rings. The number of amides is 1. The molecular formula is C17H21N3O3. The molecule has 2 N–H and O–H groups in total. The number of ether oxygens (including phenoxy) is 1. The average molecular weight is 315 g/mol. The van der Waals surface area contributed by atoms with Gasteiger partial charge in [0.1, 0.15) is 5.56 Å². The Bertz CT molecular complexity index is 750. The van der Waals surface area contributed by atoms with Crippen LogP contribution in [0, 0.1) is 0 Å². The van der Waals surface area contributed by atoms with Gasteiger partial charge in [0.05, 0.1) is 13.2 Å². The van der Waals surface area contributed by atoms with Gasteiger partial charge in [-0.15, -0.1) is 0 Å². The number of benzene rings is 1. The van der Waals surface area contributed by atoms with Gasteiger partial charge in [-0.3, -0.25) is 14.5 Å². The molecule has 0 bridgehead atoms. The van der Waals surface area contributed by atoms with Gasteiger partial charge in [-0.2, -0.15) is 0 Å². The standard InChI is InChI=1S/C17H21N3O3/c1-12(11-20-6-8-23-9-7-20)18-16(21)14-10-13-4-2-3-5-15(13)19-17(14)22/h2-5,10,12H,6-9,11H2,1H3,(H,18,21)(H,19,22). The van der Waals surface area contributed by atoms with Gasteiger partial charge in [-0.1, -0.05) is 18.2 Å². The highest BCUT2D eigenvalue weighted by Crippen LogP contribution is 2.10. The van der Waals surface area contributed by atoms with Crippen molar-refractivity contribution in [1.29, 1.82) is 0 Å². The minimum absolute atomic E-state index is 0.0357. The summed E-state index contributed by atoms with van der Waals surface area (Å²) in [7, 11) is 0. The summed E-state index contributed by atoms with van der Waals surface area (Å²) in [6.07, 6.45) is 0. The molecule has 122 valence electrons. The number of hydrogen-bond donors (Lipinski definition) is 2. The summed E-state index contributed by atoms with van der Waals surface area (Å²) in [5.74, 6) is -0.335. The van der Waals surface area contributed by atoms with Crippen molar-refractivity contribution in [3.05, 3.63) is 46.2 Å². The third kappa shape index (κ3) is 3.78. The maximum Gasteiger partial charge on any atom is 0.261 e. The van der Waals surface area contributed by atoms with Crippen LogP contribution in [-0.4, -0.2) is 54.7 Å². The van der Waals surface area contributed by atoms with E-state index in [4.69, 9.17) is 4.74 Å². The molecule has 1 aromatic carbocycles. The van der Waals surface area contributed by atoms with Crippen molar-refractivity contribution in [2.45, 2.75) is 13.0 Å². The van der Waals surface area contributed by atoms with Crippen LogP contribution in [0.1, 0.15) is 17.3 Å². The van der Waals surface area contributed by atoms with Crippen molar-refractivity contribution in [3.8, 4) is 0 Å². The van der Waals surface area contributed by atoms with E-state index in [0.29, 0.717) is 0 Å². The smallest absolute Gasteiger partial charge is 0.261 e. The summed E-state index contributed by atoms with van der Waals surface area (Å²) in [4.78, 5) is 29.5. The van der Waals surface area contributed by atoms with Gasteiger partial charge < -0.3 is 15.0 Å². The van der Waals surface area contributed by atoms with Gasteiger partial charge >= 0.3 is 0 Å². The van der Waals surface area contributed by atoms with Crippen LogP contribution in [0.4, 0.5) is 0 Å². The largest absolute Gasteiger partial charge is 0.379 e. The molecule has 1 saturated heterocycles. The Morgan fingerprint density at radius 3 is 2.87 bits per heavy atom. The highest BCUT2D eigenvalue weighted by atomic mass is 16.5. The molecule has 1 atom stereocenters. The second kappa shape index (κ2) is 6.93. The Hall–Kier alpha value is -2.18. The van der Waals surface area contributed by atoms with Crippen LogP contribution in [0.2, 0.25) is 0 Å². The Labute approximate surface area is 134 Å². The Kier molecular flexibility index (Phi) is 4.73. The van der Waals surface area contributed by atoms with Crippen molar-refractivity contribution in [1.82, 2.24) is 15.2 Å². The van der Waals surface area contributed by atoms with Crippen LogP contribution in [0.5, 0.6) is 0 Å². The van der Waals surface area contributed by atoms with Crippen LogP contribution in [0.3, 0.4) is 0 Å². The normalized spacial score (nSPS) is 17.1. The van der Waals surface area contributed by atoms with Crippen molar-refractivity contribution < 1.29 is 9.53 Å². The lowest BCUT2D eigenvalue weighted by Gasteiger charge is -2.29. The van der Waals surface area contributed by atoms with E-state index in [0.717, 1.165) is 43.8 Å². The zero-order chi connectivity index (χ0) is 16.2. The van der Waals surface area contributed by atoms with Crippen LogP contribution >= 0.6 is 0 Å². The van der Waals surface area contributed by atoms with Gasteiger partial charge in [0.25, 0.3) is 11.5 Å². The molecule has 6 heteroatoms. The van der Waals surface area contributed by atoms with Crippen LogP contribution < -0.4 is 10.9 Å². The fraction of sp³-hybridized carbons (Fsp3) is 0.412. The summed E-state index contributed by atoms with van der Waals surface area (Å²) in [6, 6.07) is 9.03. The first-order valence-corrected chi connectivity index (χ1v) is 7.86. The summed E-state index contributed by atoms with van der Waals surface area (Å²) in [6.45, 7) is 5.90. The number of carbonyl (C=O) groups excluding carboxylic acids is 1. The van der Waals surface area contributed by atoms with Crippen LogP contribution in [0.25, 0.3) is 10.9 Å². The SMILES string of the molecule is CC(CN1CCOCC1)NC(=O)c1cc2ccccc2[nH]c1=O. The summed E-state index contributed by atoms with van der Waals surface area (Å²) >= 11 is 0. The molecule has 23 heavy (non-hydrogen) atoms. The topological polar surface area (TPSA) is 74.4 Å². The van der Waals surface area contributed by atoms with Gasteiger partial charge in [-0.05, 0) is 24.4 Å². The Morgan fingerprint density at radius 1 is 1.35 bits per heavy atom. The van der Waals surface area contributed by atoms with Crippen molar-refractivity contribution in [2.75, 3.05) is 32.8 Å². The summed E-state index contributed by atoms with van der Waals surface area (Å²) in [5, 5.41) is 3.75. The molecule has 1 aromatic heterocycles. The lowest BCUT2D eigenvalue weighted by atomic mass is 10.1. The van der Waals surface area contributed by atoms with Gasteiger partial charge in [-0.25, -0.2) is 0 Å². The molecule has 2 heterocycles. The minimum atomic E-state index is -0.361. The zero-order valence-corrected chi connectivity index (χ0v) is 13.2. The number of aromatic nitrogens is 1. The van der Waals surface area contributed by atoms with E-state index < -0.39 is 0 Å². The molecule has 3 rings (SSSR count). The first-order chi connectivity index (χ1) is 11.1. The number of carbonyl (C=O) groups is 1. The maximum absolute atomic E-state index is 12.4. The van der Waals surface area contributed by atoms with Gasteiger partial charge in [0.15, 0.2) is 0 Å². The molecule has 0 radical (unpaired) electrons. The first kappa shape index (κ1) is 15.7. The Morgan fingerprint density at radius 2 is 2.09 bits per heavy atom. The molecule has 6 nitrogen and oxygen atoms in total. The van der Waals surface area contributed by atoms with Crippen molar-refractivity contribution >= 4 is 16.8 Å². The minimum Gasteiger partial charge on any atom is -0.379 e. The number of rotatable bonds is 4. The Balaban J connectivity index is 1.70. The number of nitrogens with one attached hydrogen (secondary N) is 2. The lowest BCUT2D eigenvalue weighted by molar-refractivity contribution is 0.0342. The number of fused-ring (bicyclic) bond motifs is 1. The molecule has 1 amide bonds. The van der Waals surface area contributed by atoms with E-state index in [1.807, 2.05) is 31.2 Å². The fourth-order valence-electron chi connectivity index (χ4n) is 2.83. The van der Waals surface area contributed by atoms with Crippen LogP contribution in [-0.2, 0) is 4.74 Å². The van der Waals surface area contributed by atoms with Crippen molar-refractivity contribution in [2.24, 2.45) is 0 Å². The number of aromatic amines is 1. The number of para-hydroxylation sites is 1. The molecule has 1 unspecified atom stereocenters. The second-order valence-electron chi connectivity index (χ2n) is 5.89. The fourth-order valence-corrected chi connectivity index (χ4v) is 2.83. The number of H-pyrrole nitrogens is 1. The van der Waals surface area contributed by atoms with E-state index in [1.165, 1.54) is 0 Å². The molecule has 0 spiro atoms. The highest BCUT2D eigenvalue weighted by Gasteiger charge is 2.17. The van der Waals surface area contributed by atoms with E-state index in [-0.39, 0.29) is 23.1 Å². The van der Waals surface area contributed by atoms with E-state index in [9.17, 15) is 9.59 Å². The predicted octanol–water partition coefficient (Wildman–Crippen LogP) is 0.979. The van der Waals surface area contributed by atoms with Gasteiger partial charge in [0.2, 0.25) is 0 Å². The number of nitrogens with zero attached hydrogens (tertiary/aromatic N) is 1. The molecule has 1 aliphatic heterocycles. The van der Waals surface area contributed by atoms with Crippen molar-refractivity contribution in [3.63, 3.8) is 0 Å². The third-order valence-electron chi connectivity index (χ3n) is 4.01. The molecule has 2 aromatic rings.